The van der Waals surface area contributed by atoms with Crippen LogP contribution >= 0.6 is 0 Å². The number of fused-ring (bicyclic) bond motifs is 1. The Morgan fingerprint density at radius 2 is 2.00 bits per heavy atom. The van der Waals surface area contributed by atoms with Gasteiger partial charge in [-0.05, 0) is 38.8 Å². The topological polar surface area (TPSA) is 67.7 Å². The minimum absolute atomic E-state index is 0.0151. The highest BCUT2D eigenvalue weighted by Crippen LogP contribution is 2.39. The third-order valence-corrected chi connectivity index (χ3v) is 5.60. The number of likely N-dealkylation sites (tertiary alicyclic amines) is 1. The van der Waals surface area contributed by atoms with E-state index in [1.807, 2.05) is 49.1 Å². The lowest BCUT2D eigenvalue weighted by Crippen LogP contribution is -2.50. The van der Waals surface area contributed by atoms with Crippen molar-refractivity contribution >= 4 is 12.0 Å². The SMILES string of the molecule is COC(=O)N1CCCC(N2C(=O)c3c(c(C)nn3-c3ccccc3)C2C)C1. The van der Waals surface area contributed by atoms with Gasteiger partial charge in [-0.2, -0.15) is 5.10 Å². The second-order valence-corrected chi connectivity index (χ2v) is 7.20. The van der Waals surface area contributed by atoms with Gasteiger partial charge in [0.05, 0.1) is 30.6 Å². The van der Waals surface area contributed by atoms with Crippen LogP contribution in [0.25, 0.3) is 5.69 Å². The van der Waals surface area contributed by atoms with Gasteiger partial charge < -0.3 is 14.5 Å². The van der Waals surface area contributed by atoms with E-state index in [2.05, 4.69) is 5.10 Å². The molecule has 7 nitrogen and oxygen atoms in total. The molecule has 2 aliphatic heterocycles. The zero-order valence-corrected chi connectivity index (χ0v) is 15.9. The predicted octanol–water partition coefficient (Wildman–Crippen LogP) is 2.93. The summed E-state index contributed by atoms with van der Waals surface area (Å²) in [6.07, 6.45) is 1.41. The molecular weight excluding hydrogens is 344 g/mol. The summed E-state index contributed by atoms with van der Waals surface area (Å²) in [7, 11) is 1.39. The third-order valence-electron chi connectivity index (χ3n) is 5.60. The Bertz CT molecular complexity index is 877. The Kier molecular flexibility index (Phi) is 4.37. The van der Waals surface area contributed by atoms with E-state index in [1.54, 1.807) is 9.58 Å². The average Bonchev–Trinajstić information content (AvgIpc) is 3.18. The molecule has 0 saturated carbocycles. The first-order valence-electron chi connectivity index (χ1n) is 9.33. The van der Waals surface area contributed by atoms with Crippen molar-refractivity contribution in [2.24, 2.45) is 0 Å². The van der Waals surface area contributed by atoms with Crippen LogP contribution in [0.1, 0.15) is 47.6 Å². The highest BCUT2D eigenvalue weighted by Gasteiger charge is 2.44. The molecule has 4 rings (SSSR count). The van der Waals surface area contributed by atoms with E-state index >= 15 is 0 Å². The van der Waals surface area contributed by atoms with Crippen molar-refractivity contribution in [1.29, 1.82) is 0 Å². The van der Waals surface area contributed by atoms with E-state index in [0.717, 1.165) is 29.8 Å². The molecule has 7 heteroatoms. The maximum Gasteiger partial charge on any atom is 0.409 e. The Morgan fingerprint density at radius 3 is 2.70 bits per heavy atom. The second kappa shape index (κ2) is 6.72. The lowest BCUT2D eigenvalue weighted by atomic mass is 10.0. The van der Waals surface area contributed by atoms with E-state index in [4.69, 9.17) is 4.74 Å². The number of nitrogens with zero attached hydrogens (tertiary/aromatic N) is 4. The summed E-state index contributed by atoms with van der Waals surface area (Å²) in [4.78, 5) is 28.9. The predicted molar refractivity (Wildman–Crippen MR) is 99.9 cm³/mol. The number of hydrogen-bond acceptors (Lipinski definition) is 4. The second-order valence-electron chi connectivity index (χ2n) is 7.20. The molecular formula is C20H24N4O3. The number of piperidine rings is 1. The van der Waals surface area contributed by atoms with Crippen molar-refractivity contribution < 1.29 is 14.3 Å². The van der Waals surface area contributed by atoms with Crippen LogP contribution in [0.15, 0.2) is 30.3 Å². The van der Waals surface area contributed by atoms with Crippen LogP contribution in [0.5, 0.6) is 0 Å². The minimum Gasteiger partial charge on any atom is -0.453 e. The molecule has 0 spiro atoms. The summed E-state index contributed by atoms with van der Waals surface area (Å²) in [5.74, 6) is -0.0151. The first-order chi connectivity index (χ1) is 13.0. The molecule has 2 aromatic rings. The third kappa shape index (κ3) is 2.78. The molecule has 0 bridgehead atoms. The molecule has 2 aliphatic rings. The van der Waals surface area contributed by atoms with Crippen LogP contribution in [0.4, 0.5) is 4.79 Å². The standard InChI is InChI=1S/C20H24N4O3/c1-13-17-14(2)23(16-10-7-11-22(12-16)20(26)27-3)19(25)18(17)24(21-13)15-8-5-4-6-9-15/h4-6,8-9,14,16H,7,10-12H2,1-3H3. The minimum atomic E-state index is -0.330. The molecule has 27 heavy (non-hydrogen) atoms. The van der Waals surface area contributed by atoms with Gasteiger partial charge in [0.2, 0.25) is 0 Å². The van der Waals surface area contributed by atoms with Crippen LogP contribution in [0.3, 0.4) is 0 Å². The molecule has 3 heterocycles. The number of rotatable bonds is 2. The molecule has 0 aliphatic carbocycles. The smallest absolute Gasteiger partial charge is 0.409 e. The molecule has 1 saturated heterocycles. The van der Waals surface area contributed by atoms with Gasteiger partial charge in [-0.1, -0.05) is 18.2 Å². The number of ether oxygens (including phenoxy) is 1. The molecule has 2 atom stereocenters. The first kappa shape index (κ1) is 17.6. The Hall–Kier alpha value is -2.83. The fourth-order valence-electron chi connectivity index (χ4n) is 4.40. The summed E-state index contributed by atoms with van der Waals surface area (Å²) in [5, 5.41) is 4.62. The Morgan fingerprint density at radius 1 is 1.26 bits per heavy atom. The van der Waals surface area contributed by atoms with Crippen molar-refractivity contribution in [1.82, 2.24) is 19.6 Å². The molecule has 0 radical (unpaired) electrons. The molecule has 142 valence electrons. The van der Waals surface area contributed by atoms with Gasteiger partial charge in [-0.15, -0.1) is 0 Å². The van der Waals surface area contributed by atoms with Gasteiger partial charge in [0.1, 0.15) is 5.69 Å². The molecule has 1 aromatic carbocycles. The fourth-order valence-corrected chi connectivity index (χ4v) is 4.40. The number of hydrogen-bond donors (Lipinski definition) is 0. The number of amides is 2. The van der Waals surface area contributed by atoms with Crippen LogP contribution in [0, 0.1) is 6.92 Å². The molecule has 1 fully saturated rings. The quantitative estimate of drug-likeness (QED) is 0.817. The number of benzene rings is 1. The van der Waals surface area contributed by atoms with E-state index in [-0.39, 0.29) is 24.1 Å². The summed E-state index contributed by atoms with van der Waals surface area (Å²) >= 11 is 0. The van der Waals surface area contributed by atoms with E-state index < -0.39 is 0 Å². The van der Waals surface area contributed by atoms with Gasteiger partial charge >= 0.3 is 6.09 Å². The lowest BCUT2D eigenvalue weighted by Gasteiger charge is -2.39. The number of aromatic nitrogens is 2. The van der Waals surface area contributed by atoms with Gasteiger partial charge in [0.15, 0.2) is 0 Å². The number of aryl methyl sites for hydroxylation is 1. The number of methoxy groups -OCH3 is 1. The van der Waals surface area contributed by atoms with Crippen LogP contribution in [-0.4, -0.2) is 57.8 Å². The zero-order chi connectivity index (χ0) is 19.1. The number of carbonyl (C=O) groups is 2. The van der Waals surface area contributed by atoms with Crippen molar-refractivity contribution in [3.63, 3.8) is 0 Å². The first-order valence-corrected chi connectivity index (χ1v) is 9.33. The van der Waals surface area contributed by atoms with Crippen molar-refractivity contribution in [3.05, 3.63) is 47.3 Å². The number of carbonyl (C=O) groups excluding carboxylic acids is 2. The molecule has 2 amide bonds. The van der Waals surface area contributed by atoms with Crippen LogP contribution in [0.2, 0.25) is 0 Å². The number of para-hydroxylation sites is 1. The normalized spacial score (nSPS) is 22.1. The summed E-state index contributed by atoms with van der Waals surface area (Å²) in [5.41, 5.74) is 3.38. The summed E-state index contributed by atoms with van der Waals surface area (Å²) in [6.45, 7) is 5.17. The van der Waals surface area contributed by atoms with E-state index in [1.165, 1.54) is 7.11 Å². The highest BCUT2D eigenvalue weighted by molar-refractivity contribution is 5.98. The van der Waals surface area contributed by atoms with E-state index in [0.29, 0.717) is 18.8 Å². The Labute approximate surface area is 158 Å². The summed E-state index contributed by atoms with van der Waals surface area (Å²) in [6, 6.07) is 9.65. The van der Waals surface area contributed by atoms with Gasteiger partial charge in [0, 0.05) is 18.7 Å². The largest absolute Gasteiger partial charge is 0.453 e. The monoisotopic (exact) mass is 368 g/mol. The molecule has 2 unspecified atom stereocenters. The molecule has 1 aromatic heterocycles. The van der Waals surface area contributed by atoms with Gasteiger partial charge in [-0.3, -0.25) is 4.79 Å². The highest BCUT2D eigenvalue weighted by atomic mass is 16.5. The van der Waals surface area contributed by atoms with Crippen LogP contribution in [-0.2, 0) is 4.74 Å². The van der Waals surface area contributed by atoms with Crippen molar-refractivity contribution in [2.75, 3.05) is 20.2 Å². The lowest BCUT2D eigenvalue weighted by molar-refractivity contribution is 0.0451. The van der Waals surface area contributed by atoms with Gasteiger partial charge in [-0.25, -0.2) is 9.48 Å². The maximum atomic E-state index is 13.4. The van der Waals surface area contributed by atoms with Crippen molar-refractivity contribution in [2.45, 2.75) is 38.8 Å². The zero-order valence-electron chi connectivity index (χ0n) is 15.9. The van der Waals surface area contributed by atoms with Crippen molar-refractivity contribution in [3.8, 4) is 5.69 Å². The fraction of sp³-hybridized carbons (Fsp3) is 0.450. The average molecular weight is 368 g/mol. The molecule has 0 N–H and O–H groups in total. The van der Waals surface area contributed by atoms with Gasteiger partial charge in [0.25, 0.3) is 5.91 Å². The van der Waals surface area contributed by atoms with Crippen LogP contribution < -0.4 is 0 Å². The van der Waals surface area contributed by atoms with E-state index in [9.17, 15) is 9.59 Å². The Balaban J connectivity index is 1.68. The maximum absolute atomic E-state index is 13.4. The summed E-state index contributed by atoms with van der Waals surface area (Å²) < 4.78 is 6.62.